The van der Waals surface area contributed by atoms with Crippen LogP contribution >= 0.6 is 0 Å². The quantitative estimate of drug-likeness (QED) is 0.851. The molecule has 0 radical (unpaired) electrons. The smallest absolute Gasteiger partial charge is 0.223 e. The van der Waals surface area contributed by atoms with Crippen LogP contribution in [-0.4, -0.2) is 19.6 Å². The van der Waals surface area contributed by atoms with E-state index in [-0.39, 0.29) is 23.7 Å². The molecular formula is C13H16FNO2. The lowest BCUT2D eigenvalue weighted by molar-refractivity contribution is -0.122. The van der Waals surface area contributed by atoms with Gasteiger partial charge in [-0.3, -0.25) is 4.79 Å². The van der Waals surface area contributed by atoms with Crippen LogP contribution in [0.4, 0.5) is 4.39 Å². The third kappa shape index (κ3) is 3.27. The summed E-state index contributed by atoms with van der Waals surface area (Å²) in [4.78, 5) is 11.5. The summed E-state index contributed by atoms with van der Waals surface area (Å²) in [6, 6.07) is 6.25. The highest BCUT2D eigenvalue weighted by atomic mass is 19.1. The molecule has 1 atom stereocenters. The summed E-state index contributed by atoms with van der Waals surface area (Å²) < 4.78 is 18.3. The second-order valence-corrected chi connectivity index (χ2v) is 4.30. The topological polar surface area (TPSA) is 38.3 Å². The Labute approximate surface area is 100.0 Å². The standard InChI is InChI=1S/C13H16FNO2/c1-17-12(8-15-13(16)9-5-6-9)10-3-2-4-11(14)7-10/h2-4,7,9,12H,5-6,8H2,1H3,(H,15,16). The SMILES string of the molecule is COC(CNC(=O)C1CC1)c1cccc(F)c1. The maximum atomic E-state index is 13.1. The van der Waals surface area contributed by atoms with Crippen molar-refractivity contribution in [3.63, 3.8) is 0 Å². The molecule has 1 aliphatic carbocycles. The molecule has 4 heteroatoms. The summed E-state index contributed by atoms with van der Waals surface area (Å²) in [7, 11) is 1.55. The summed E-state index contributed by atoms with van der Waals surface area (Å²) in [6.07, 6.45) is 1.65. The maximum Gasteiger partial charge on any atom is 0.223 e. The Morgan fingerprint density at radius 1 is 1.59 bits per heavy atom. The summed E-state index contributed by atoms with van der Waals surface area (Å²) in [5.74, 6) is -0.0402. The lowest BCUT2D eigenvalue weighted by Gasteiger charge is -2.16. The van der Waals surface area contributed by atoms with Crippen molar-refractivity contribution in [2.45, 2.75) is 18.9 Å². The van der Waals surface area contributed by atoms with Crippen molar-refractivity contribution in [2.24, 2.45) is 5.92 Å². The average Bonchev–Trinajstić information content (AvgIpc) is 3.13. The molecular weight excluding hydrogens is 221 g/mol. The maximum absolute atomic E-state index is 13.1. The molecule has 1 aliphatic rings. The van der Waals surface area contributed by atoms with Crippen LogP contribution in [0.25, 0.3) is 0 Å². The van der Waals surface area contributed by atoms with Gasteiger partial charge in [-0.15, -0.1) is 0 Å². The van der Waals surface area contributed by atoms with Crippen LogP contribution in [0.1, 0.15) is 24.5 Å². The first-order chi connectivity index (χ1) is 8.20. The van der Waals surface area contributed by atoms with E-state index in [1.54, 1.807) is 19.2 Å². The van der Waals surface area contributed by atoms with Crippen molar-refractivity contribution >= 4 is 5.91 Å². The number of methoxy groups -OCH3 is 1. The lowest BCUT2D eigenvalue weighted by atomic mass is 10.1. The van der Waals surface area contributed by atoms with Gasteiger partial charge in [0.1, 0.15) is 5.82 Å². The molecule has 1 saturated carbocycles. The van der Waals surface area contributed by atoms with Gasteiger partial charge in [0.15, 0.2) is 0 Å². The fourth-order valence-corrected chi connectivity index (χ4v) is 1.73. The monoisotopic (exact) mass is 237 g/mol. The summed E-state index contributed by atoms with van der Waals surface area (Å²) in [5.41, 5.74) is 0.739. The third-order valence-electron chi connectivity index (χ3n) is 2.91. The van der Waals surface area contributed by atoms with Gasteiger partial charge < -0.3 is 10.1 Å². The Balaban J connectivity index is 1.93. The molecule has 1 amide bonds. The van der Waals surface area contributed by atoms with Crippen LogP contribution in [0.15, 0.2) is 24.3 Å². The van der Waals surface area contributed by atoms with Gasteiger partial charge in [-0.25, -0.2) is 4.39 Å². The van der Waals surface area contributed by atoms with Crippen LogP contribution < -0.4 is 5.32 Å². The second-order valence-electron chi connectivity index (χ2n) is 4.30. The van der Waals surface area contributed by atoms with Gasteiger partial charge in [0.05, 0.1) is 6.10 Å². The van der Waals surface area contributed by atoms with Crippen molar-refractivity contribution < 1.29 is 13.9 Å². The van der Waals surface area contributed by atoms with E-state index in [0.717, 1.165) is 18.4 Å². The van der Waals surface area contributed by atoms with E-state index in [1.165, 1.54) is 12.1 Å². The number of rotatable bonds is 5. The van der Waals surface area contributed by atoms with Crippen LogP contribution in [0, 0.1) is 11.7 Å². The molecule has 3 nitrogen and oxygen atoms in total. The van der Waals surface area contributed by atoms with Gasteiger partial charge in [0, 0.05) is 19.6 Å². The van der Waals surface area contributed by atoms with E-state index >= 15 is 0 Å². The number of halogens is 1. The molecule has 0 aliphatic heterocycles. The summed E-state index contributed by atoms with van der Waals surface area (Å²) >= 11 is 0. The largest absolute Gasteiger partial charge is 0.375 e. The molecule has 0 bridgehead atoms. The van der Waals surface area contributed by atoms with E-state index in [0.29, 0.717) is 6.54 Å². The molecule has 0 saturated heterocycles. The molecule has 92 valence electrons. The third-order valence-corrected chi connectivity index (χ3v) is 2.91. The minimum absolute atomic E-state index is 0.0726. The Morgan fingerprint density at radius 2 is 2.35 bits per heavy atom. The number of hydrogen-bond donors (Lipinski definition) is 1. The van der Waals surface area contributed by atoms with E-state index in [2.05, 4.69) is 5.32 Å². The average molecular weight is 237 g/mol. The molecule has 2 rings (SSSR count). The van der Waals surface area contributed by atoms with Gasteiger partial charge in [-0.05, 0) is 30.5 Å². The Bertz CT molecular complexity index is 404. The Hall–Kier alpha value is -1.42. The highest BCUT2D eigenvalue weighted by Crippen LogP contribution is 2.29. The fraction of sp³-hybridized carbons (Fsp3) is 0.462. The summed E-state index contributed by atoms with van der Waals surface area (Å²) in [5, 5.41) is 2.83. The molecule has 1 N–H and O–H groups in total. The predicted octanol–water partition coefficient (Wildman–Crippen LogP) is 2.04. The number of nitrogens with one attached hydrogen (secondary N) is 1. The summed E-state index contributed by atoms with van der Waals surface area (Å²) in [6.45, 7) is 0.384. The predicted molar refractivity (Wildman–Crippen MR) is 61.9 cm³/mol. The van der Waals surface area contributed by atoms with E-state index < -0.39 is 0 Å². The number of hydrogen-bond acceptors (Lipinski definition) is 2. The van der Waals surface area contributed by atoms with Crippen molar-refractivity contribution in [2.75, 3.05) is 13.7 Å². The molecule has 1 aromatic carbocycles. The highest BCUT2D eigenvalue weighted by Gasteiger charge is 2.29. The van der Waals surface area contributed by atoms with Gasteiger partial charge in [-0.1, -0.05) is 12.1 Å². The number of ether oxygens (including phenoxy) is 1. The number of benzene rings is 1. The molecule has 1 unspecified atom stereocenters. The normalized spacial score (nSPS) is 16.6. The minimum atomic E-state index is -0.298. The van der Waals surface area contributed by atoms with Crippen LogP contribution in [0.3, 0.4) is 0 Å². The van der Waals surface area contributed by atoms with Crippen LogP contribution in [-0.2, 0) is 9.53 Å². The van der Waals surface area contributed by atoms with Crippen LogP contribution in [0.2, 0.25) is 0 Å². The number of amides is 1. The van der Waals surface area contributed by atoms with Crippen molar-refractivity contribution in [3.8, 4) is 0 Å². The molecule has 0 spiro atoms. The van der Waals surface area contributed by atoms with E-state index in [4.69, 9.17) is 4.74 Å². The highest BCUT2D eigenvalue weighted by molar-refractivity contribution is 5.80. The number of carbonyl (C=O) groups excluding carboxylic acids is 1. The fourth-order valence-electron chi connectivity index (χ4n) is 1.73. The second kappa shape index (κ2) is 5.27. The van der Waals surface area contributed by atoms with Crippen molar-refractivity contribution in [1.82, 2.24) is 5.32 Å². The Morgan fingerprint density at radius 3 is 2.94 bits per heavy atom. The first-order valence-corrected chi connectivity index (χ1v) is 5.76. The first-order valence-electron chi connectivity index (χ1n) is 5.76. The first kappa shape index (κ1) is 12.0. The molecule has 0 aromatic heterocycles. The lowest BCUT2D eigenvalue weighted by Crippen LogP contribution is -2.30. The van der Waals surface area contributed by atoms with E-state index in [1.807, 2.05) is 0 Å². The van der Waals surface area contributed by atoms with Gasteiger partial charge in [0.25, 0.3) is 0 Å². The van der Waals surface area contributed by atoms with Crippen LogP contribution in [0.5, 0.6) is 0 Å². The molecule has 0 heterocycles. The van der Waals surface area contributed by atoms with Gasteiger partial charge in [0.2, 0.25) is 5.91 Å². The zero-order valence-electron chi connectivity index (χ0n) is 9.78. The Kier molecular flexibility index (Phi) is 3.74. The number of carbonyl (C=O) groups is 1. The molecule has 1 fully saturated rings. The minimum Gasteiger partial charge on any atom is -0.375 e. The van der Waals surface area contributed by atoms with Gasteiger partial charge >= 0.3 is 0 Å². The molecule has 17 heavy (non-hydrogen) atoms. The van der Waals surface area contributed by atoms with Crippen molar-refractivity contribution in [1.29, 1.82) is 0 Å². The van der Waals surface area contributed by atoms with E-state index in [9.17, 15) is 9.18 Å². The zero-order chi connectivity index (χ0) is 12.3. The van der Waals surface area contributed by atoms with Gasteiger partial charge in [-0.2, -0.15) is 0 Å². The molecule has 1 aromatic rings. The zero-order valence-corrected chi connectivity index (χ0v) is 9.78. The van der Waals surface area contributed by atoms with Crippen molar-refractivity contribution in [3.05, 3.63) is 35.6 Å².